The summed E-state index contributed by atoms with van der Waals surface area (Å²) in [5.41, 5.74) is 3.01. The number of nitrogens with two attached hydrogens (primary N) is 1. The Morgan fingerprint density at radius 1 is 1.25 bits per heavy atom. The summed E-state index contributed by atoms with van der Waals surface area (Å²) in [4.78, 5) is -0.822. The maximum Gasteiger partial charge on any atom is 0.419 e. The summed E-state index contributed by atoms with van der Waals surface area (Å²) in [6.45, 7) is 0. The lowest BCUT2D eigenvalue weighted by Crippen LogP contribution is -2.11. The second kappa shape index (κ2) is 3.97. The number of hydrogen-bond donors (Lipinski definition) is 1. The van der Waals surface area contributed by atoms with Gasteiger partial charge in [-0.05, 0) is 12.1 Å². The average molecular weight is 294 g/mol. The van der Waals surface area contributed by atoms with E-state index in [2.05, 4.69) is 0 Å². The van der Waals surface area contributed by atoms with Crippen LogP contribution in [0, 0.1) is 0 Å². The van der Waals surface area contributed by atoms with Crippen LogP contribution in [0.4, 0.5) is 18.9 Å². The molecule has 16 heavy (non-hydrogen) atoms. The van der Waals surface area contributed by atoms with Gasteiger partial charge in [-0.1, -0.05) is 11.6 Å². The Morgan fingerprint density at radius 2 is 1.75 bits per heavy atom. The van der Waals surface area contributed by atoms with Crippen molar-refractivity contribution in [2.24, 2.45) is 0 Å². The van der Waals surface area contributed by atoms with Gasteiger partial charge in [0.05, 0.1) is 10.6 Å². The molecular formula is C7H4Cl2F3NO2S. The van der Waals surface area contributed by atoms with Gasteiger partial charge in [0.25, 0.3) is 9.05 Å². The predicted molar refractivity (Wildman–Crippen MR) is 53.9 cm³/mol. The number of hydrogen-bond acceptors (Lipinski definition) is 3. The van der Waals surface area contributed by atoms with Crippen molar-refractivity contribution < 1.29 is 21.6 Å². The third-order valence-electron chi connectivity index (χ3n) is 1.68. The molecule has 0 aliphatic heterocycles. The minimum atomic E-state index is -4.85. The molecule has 90 valence electrons. The van der Waals surface area contributed by atoms with Crippen molar-refractivity contribution >= 4 is 37.0 Å². The fourth-order valence-corrected chi connectivity index (χ4v) is 2.68. The standard InChI is InChI=1S/C7H4Cl2F3NO2S/c8-6-4(16(9,14)15)2-1-3(13)5(6)7(10,11)12/h1-2H,13H2. The fraction of sp³-hybridized carbons (Fsp3) is 0.143. The zero-order chi connectivity index (χ0) is 12.7. The van der Waals surface area contributed by atoms with Crippen LogP contribution in [0.2, 0.25) is 5.02 Å². The molecule has 0 saturated carbocycles. The van der Waals surface area contributed by atoms with E-state index in [1.165, 1.54) is 0 Å². The van der Waals surface area contributed by atoms with Crippen molar-refractivity contribution in [1.82, 2.24) is 0 Å². The molecule has 3 nitrogen and oxygen atoms in total. The van der Waals surface area contributed by atoms with Crippen molar-refractivity contribution in [3.8, 4) is 0 Å². The van der Waals surface area contributed by atoms with Crippen LogP contribution < -0.4 is 5.73 Å². The molecule has 0 aliphatic rings. The van der Waals surface area contributed by atoms with Gasteiger partial charge in [0, 0.05) is 16.4 Å². The quantitative estimate of drug-likeness (QED) is 0.640. The molecule has 2 N–H and O–H groups in total. The number of alkyl halides is 3. The van der Waals surface area contributed by atoms with Gasteiger partial charge in [0.15, 0.2) is 0 Å². The van der Waals surface area contributed by atoms with Crippen molar-refractivity contribution in [2.45, 2.75) is 11.1 Å². The Kier molecular flexibility index (Phi) is 3.33. The molecule has 0 spiro atoms. The molecule has 0 radical (unpaired) electrons. The number of nitrogen functional groups attached to an aromatic ring is 1. The van der Waals surface area contributed by atoms with E-state index in [1.807, 2.05) is 0 Å². The zero-order valence-electron chi connectivity index (χ0n) is 7.35. The lowest BCUT2D eigenvalue weighted by molar-refractivity contribution is -0.136. The first-order chi connectivity index (χ1) is 7.05. The van der Waals surface area contributed by atoms with Gasteiger partial charge in [-0.15, -0.1) is 0 Å². The molecule has 1 aromatic rings. The van der Waals surface area contributed by atoms with Gasteiger partial charge in [-0.25, -0.2) is 8.42 Å². The average Bonchev–Trinajstić information content (AvgIpc) is 1.97. The number of benzene rings is 1. The van der Waals surface area contributed by atoms with E-state index in [1.54, 1.807) is 0 Å². The highest BCUT2D eigenvalue weighted by atomic mass is 35.7. The van der Waals surface area contributed by atoms with Crippen LogP contribution >= 0.6 is 22.3 Å². The third kappa shape index (κ3) is 2.53. The van der Waals surface area contributed by atoms with E-state index in [0.29, 0.717) is 0 Å². The Balaban J connectivity index is 3.65. The number of rotatable bonds is 1. The molecule has 1 aromatic carbocycles. The Bertz CT molecular complexity index is 527. The van der Waals surface area contributed by atoms with Gasteiger partial charge in [0.2, 0.25) is 0 Å². The number of anilines is 1. The molecule has 0 fully saturated rings. The number of halogens is 5. The van der Waals surface area contributed by atoms with Crippen LogP contribution in [0.3, 0.4) is 0 Å². The highest BCUT2D eigenvalue weighted by Crippen LogP contribution is 2.41. The van der Waals surface area contributed by atoms with Crippen molar-refractivity contribution in [3.05, 3.63) is 22.7 Å². The first-order valence-electron chi connectivity index (χ1n) is 3.65. The molecular weight excluding hydrogens is 290 g/mol. The zero-order valence-corrected chi connectivity index (χ0v) is 9.67. The largest absolute Gasteiger partial charge is 0.419 e. The molecule has 0 unspecified atom stereocenters. The summed E-state index contributed by atoms with van der Waals surface area (Å²) in [7, 11) is 0.570. The summed E-state index contributed by atoms with van der Waals surface area (Å²) >= 11 is 5.32. The Labute approximate surface area is 98.4 Å². The van der Waals surface area contributed by atoms with Crippen LogP contribution in [0.15, 0.2) is 17.0 Å². The minimum Gasteiger partial charge on any atom is -0.398 e. The topological polar surface area (TPSA) is 60.2 Å². The van der Waals surface area contributed by atoms with Gasteiger partial charge in [-0.2, -0.15) is 13.2 Å². The molecule has 0 atom stereocenters. The van der Waals surface area contributed by atoms with Gasteiger partial charge in [-0.3, -0.25) is 0 Å². The predicted octanol–water partition coefficient (Wildman–Crippen LogP) is 2.87. The van der Waals surface area contributed by atoms with E-state index in [9.17, 15) is 21.6 Å². The second-order valence-corrected chi connectivity index (χ2v) is 5.69. The molecule has 0 aromatic heterocycles. The molecule has 1 rings (SSSR count). The van der Waals surface area contributed by atoms with E-state index >= 15 is 0 Å². The molecule has 0 aliphatic carbocycles. The highest BCUT2D eigenvalue weighted by molar-refractivity contribution is 8.13. The van der Waals surface area contributed by atoms with Crippen molar-refractivity contribution in [1.29, 1.82) is 0 Å². The van der Waals surface area contributed by atoms with Crippen LogP contribution in [0.1, 0.15) is 5.56 Å². The van der Waals surface area contributed by atoms with Crippen LogP contribution in [-0.2, 0) is 15.2 Å². The van der Waals surface area contributed by atoms with E-state index < -0.39 is 36.4 Å². The monoisotopic (exact) mass is 293 g/mol. The smallest absolute Gasteiger partial charge is 0.398 e. The summed E-state index contributed by atoms with van der Waals surface area (Å²) in [6, 6.07) is 1.60. The molecule has 0 amide bonds. The van der Waals surface area contributed by atoms with E-state index in [0.717, 1.165) is 12.1 Å². The maximum absolute atomic E-state index is 12.5. The van der Waals surface area contributed by atoms with Crippen molar-refractivity contribution in [3.63, 3.8) is 0 Å². The Hall–Kier alpha value is -0.660. The first kappa shape index (κ1) is 13.4. The van der Waals surface area contributed by atoms with Crippen LogP contribution in [0.5, 0.6) is 0 Å². The van der Waals surface area contributed by atoms with Gasteiger partial charge >= 0.3 is 6.18 Å². The summed E-state index contributed by atoms with van der Waals surface area (Å²) < 4.78 is 59.3. The summed E-state index contributed by atoms with van der Waals surface area (Å²) in [6.07, 6.45) is -4.85. The van der Waals surface area contributed by atoms with Crippen LogP contribution in [0.25, 0.3) is 0 Å². The molecule has 0 heterocycles. The Morgan fingerprint density at radius 3 is 2.12 bits per heavy atom. The van der Waals surface area contributed by atoms with E-state index in [-0.39, 0.29) is 0 Å². The fourth-order valence-electron chi connectivity index (χ4n) is 1.05. The van der Waals surface area contributed by atoms with Crippen LogP contribution in [-0.4, -0.2) is 8.42 Å². The third-order valence-corrected chi connectivity index (χ3v) is 3.55. The lowest BCUT2D eigenvalue weighted by Gasteiger charge is -2.13. The highest BCUT2D eigenvalue weighted by Gasteiger charge is 2.38. The minimum absolute atomic E-state index is 0.665. The summed E-state index contributed by atoms with van der Waals surface area (Å²) in [5.74, 6) is 0. The lowest BCUT2D eigenvalue weighted by atomic mass is 10.2. The second-order valence-electron chi connectivity index (χ2n) is 2.78. The van der Waals surface area contributed by atoms with Gasteiger partial charge < -0.3 is 5.73 Å². The molecule has 0 saturated heterocycles. The SMILES string of the molecule is Nc1ccc(S(=O)(=O)Cl)c(Cl)c1C(F)(F)F. The van der Waals surface area contributed by atoms with Gasteiger partial charge in [0.1, 0.15) is 4.90 Å². The summed E-state index contributed by atoms with van der Waals surface area (Å²) in [5, 5.41) is -1.03. The molecule has 9 heteroatoms. The first-order valence-corrected chi connectivity index (χ1v) is 6.33. The normalized spacial score (nSPS) is 12.8. The molecule has 0 bridgehead atoms. The maximum atomic E-state index is 12.5. The van der Waals surface area contributed by atoms with E-state index in [4.69, 9.17) is 28.0 Å². The van der Waals surface area contributed by atoms with Crippen molar-refractivity contribution in [2.75, 3.05) is 5.73 Å².